The van der Waals surface area contributed by atoms with Crippen LogP contribution in [0.3, 0.4) is 0 Å². The number of halogens is 1. The van der Waals surface area contributed by atoms with Crippen molar-refractivity contribution < 1.29 is 4.79 Å². The smallest absolute Gasteiger partial charge is 0.253 e. The molecular weight excluding hydrogens is 312 g/mol. The molecule has 1 heterocycles. The van der Waals surface area contributed by atoms with Crippen LogP contribution in [0.4, 0.5) is 0 Å². The summed E-state index contributed by atoms with van der Waals surface area (Å²) in [5.74, 6) is -0.127. The third-order valence-corrected chi connectivity index (χ3v) is 4.58. The normalized spacial score (nSPS) is 12.5. The average molecular weight is 325 g/mol. The minimum absolute atomic E-state index is 0.127. The summed E-state index contributed by atoms with van der Waals surface area (Å²) >= 11 is 8.86. The van der Waals surface area contributed by atoms with Crippen molar-refractivity contribution in [3.05, 3.63) is 51.7 Å². The van der Waals surface area contributed by atoms with E-state index in [4.69, 9.17) is 11.6 Å². The summed E-state index contributed by atoms with van der Waals surface area (Å²) in [4.78, 5) is 13.9. The van der Waals surface area contributed by atoms with Gasteiger partial charge in [-0.3, -0.25) is 4.79 Å². The fourth-order valence-electron chi connectivity index (χ4n) is 1.39. The van der Waals surface area contributed by atoms with E-state index in [1.54, 1.807) is 17.6 Å². The zero-order valence-corrected chi connectivity index (χ0v) is 13.1. The maximum absolute atomic E-state index is 11.9. The molecule has 0 bridgehead atoms. The Morgan fingerprint density at radius 2 is 2.15 bits per heavy atom. The highest BCUT2D eigenvalue weighted by molar-refractivity contribution is 8.00. The van der Waals surface area contributed by atoms with Gasteiger partial charge in [-0.25, -0.2) is 5.43 Å². The molecule has 20 heavy (non-hydrogen) atoms. The number of benzene rings is 1. The summed E-state index contributed by atoms with van der Waals surface area (Å²) in [6.07, 6.45) is 1.64. The number of nitrogens with zero attached hydrogens (tertiary/aromatic N) is 1. The van der Waals surface area contributed by atoms with E-state index >= 15 is 0 Å². The van der Waals surface area contributed by atoms with Gasteiger partial charge >= 0.3 is 0 Å². The lowest BCUT2D eigenvalue weighted by molar-refractivity contribution is -0.120. The maximum atomic E-state index is 11.9. The largest absolute Gasteiger partial charge is 0.272 e. The van der Waals surface area contributed by atoms with E-state index in [1.807, 2.05) is 48.7 Å². The average Bonchev–Trinajstić information content (AvgIpc) is 2.94. The Morgan fingerprint density at radius 3 is 2.80 bits per heavy atom. The molecule has 0 unspecified atom stereocenters. The minimum Gasteiger partial charge on any atom is -0.272 e. The maximum Gasteiger partial charge on any atom is 0.253 e. The van der Waals surface area contributed by atoms with Gasteiger partial charge in [-0.2, -0.15) is 5.10 Å². The van der Waals surface area contributed by atoms with Crippen molar-refractivity contribution in [2.45, 2.75) is 17.1 Å². The molecule has 0 radical (unpaired) electrons. The molecule has 0 saturated heterocycles. The minimum atomic E-state index is -0.225. The molecule has 104 valence electrons. The first-order valence-corrected chi connectivity index (χ1v) is 8.07. The summed E-state index contributed by atoms with van der Waals surface area (Å²) < 4.78 is 0. The second kappa shape index (κ2) is 7.47. The van der Waals surface area contributed by atoms with Crippen molar-refractivity contribution in [1.29, 1.82) is 0 Å². The van der Waals surface area contributed by atoms with Crippen LogP contribution in [0, 0.1) is 0 Å². The first kappa shape index (κ1) is 15.1. The molecule has 1 N–H and O–H groups in total. The van der Waals surface area contributed by atoms with Gasteiger partial charge in [0.2, 0.25) is 0 Å². The van der Waals surface area contributed by atoms with Crippen LogP contribution in [0.5, 0.6) is 0 Å². The van der Waals surface area contributed by atoms with Gasteiger partial charge in [0.15, 0.2) is 0 Å². The second-order valence-corrected chi connectivity index (χ2v) is 6.79. The molecule has 0 aliphatic carbocycles. The molecule has 0 spiro atoms. The quantitative estimate of drug-likeness (QED) is 0.512. The summed E-state index contributed by atoms with van der Waals surface area (Å²) in [6, 6.07) is 11.3. The Labute approximate surface area is 131 Å². The van der Waals surface area contributed by atoms with Crippen LogP contribution in [0.25, 0.3) is 0 Å². The van der Waals surface area contributed by atoms with Gasteiger partial charge in [0.05, 0.1) is 11.5 Å². The predicted molar refractivity (Wildman–Crippen MR) is 86.8 cm³/mol. The number of rotatable bonds is 5. The van der Waals surface area contributed by atoms with Crippen LogP contribution in [0.15, 0.2) is 51.8 Å². The summed E-state index contributed by atoms with van der Waals surface area (Å²) in [5.41, 5.74) is 2.54. The van der Waals surface area contributed by atoms with Crippen LogP contribution in [0.1, 0.15) is 11.8 Å². The van der Waals surface area contributed by atoms with Gasteiger partial charge in [-0.05, 0) is 42.6 Å². The van der Waals surface area contributed by atoms with Crippen molar-refractivity contribution in [2.24, 2.45) is 5.10 Å². The Morgan fingerprint density at radius 1 is 1.40 bits per heavy atom. The van der Waals surface area contributed by atoms with Crippen molar-refractivity contribution in [3.63, 3.8) is 0 Å². The predicted octanol–water partition coefficient (Wildman–Crippen LogP) is 4.03. The van der Waals surface area contributed by atoms with Gasteiger partial charge in [-0.1, -0.05) is 17.7 Å². The van der Waals surface area contributed by atoms with E-state index in [2.05, 4.69) is 10.5 Å². The second-order valence-electron chi connectivity index (χ2n) is 3.96. The lowest BCUT2D eigenvalue weighted by Crippen LogP contribution is -2.26. The highest BCUT2D eigenvalue weighted by Gasteiger charge is 2.13. The molecule has 0 aliphatic heterocycles. The highest BCUT2D eigenvalue weighted by Crippen LogP contribution is 2.24. The summed E-state index contributed by atoms with van der Waals surface area (Å²) in [5, 5.41) is 6.36. The SMILES string of the molecule is C[C@H](Sc1ccc(Cl)cc1)C(=O)N/N=C\c1cccs1. The molecule has 0 fully saturated rings. The number of carbonyl (C=O) groups excluding carboxylic acids is 1. The Bertz CT molecular complexity index is 582. The van der Waals surface area contributed by atoms with E-state index in [0.29, 0.717) is 5.02 Å². The van der Waals surface area contributed by atoms with E-state index in [-0.39, 0.29) is 11.2 Å². The van der Waals surface area contributed by atoms with Crippen molar-refractivity contribution in [3.8, 4) is 0 Å². The molecule has 6 heteroatoms. The first-order chi connectivity index (χ1) is 9.65. The molecule has 0 saturated carbocycles. The summed E-state index contributed by atoms with van der Waals surface area (Å²) in [7, 11) is 0. The Balaban J connectivity index is 1.84. The number of amides is 1. The first-order valence-electron chi connectivity index (χ1n) is 5.94. The van der Waals surface area contributed by atoms with E-state index < -0.39 is 0 Å². The number of hydrogen-bond donors (Lipinski definition) is 1. The van der Waals surface area contributed by atoms with Crippen LogP contribution < -0.4 is 5.43 Å². The third kappa shape index (κ3) is 4.67. The van der Waals surface area contributed by atoms with Crippen LogP contribution in [-0.4, -0.2) is 17.4 Å². The van der Waals surface area contributed by atoms with E-state index in [0.717, 1.165) is 9.77 Å². The number of thiophene rings is 1. The molecule has 2 aromatic rings. The standard InChI is InChI=1S/C14H13ClN2OS2/c1-10(20-12-6-4-11(15)5-7-12)14(18)17-16-9-13-3-2-8-19-13/h2-10H,1H3,(H,17,18)/b16-9-/t10-/m0/s1. The number of hydrogen-bond acceptors (Lipinski definition) is 4. The third-order valence-electron chi connectivity index (χ3n) is 2.41. The topological polar surface area (TPSA) is 41.5 Å². The zero-order chi connectivity index (χ0) is 14.4. The number of nitrogens with one attached hydrogen (secondary N) is 1. The molecule has 1 aromatic heterocycles. The fraction of sp³-hybridized carbons (Fsp3) is 0.143. The monoisotopic (exact) mass is 324 g/mol. The molecule has 1 aromatic carbocycles. The lowest BCUT2D eigenvalue weighted by atomic mass is 10.4. The molecule has 3 nitrogen and oxygen atoms in total. The summed E-state index contributed by atoms with van der Waals surface area (Å²) in [6.45, 7) is 1.84. The van der Waals surface area contributed by atoms with Crippen LogP contribution in [0.2, 0.25) is 5.02 Å². The number of hydrazone groups is 1. The van der Waals surface area contributed by atoms with Gasteiger partial charge in [0.1, 0.15) is 0 Å². The van der Waals surface area contributed by atoms with Crippen molar-refractivity contribution in [1.82, 2.24) is 5.43 Å². The van der Waals surface area contributed by atoms with Crippen molar-refractivity contribution >= 4 is 46.8 Å². The van der Waals surface area contributed by atoms with Gasteiger partial charge < -0.3 is 0 Å². The Hall–Kier alpha value is -1.30. The van der Waals surface area contributed by atoms with Crippen LogP contribution in [-0.2, 0) is 4.79 Å². The molecule has 2 rings (SSSR count). The van der Waals surface area contributed by atoms with Gasteiger partial charge in [-0.15, -0.1) is 23.1 Å². The van der Waals surface area contributed by atoms with Gasteiger partial charge in [0.25, 0.3) is 5.91 Å². The fourth-order valence-corrected chi connectivity index (χ4v) is 2.96. The highest BCUT2D eigenvalue weighted by atomic mass is 35.5. The zero-order valence-electron chi connectivity index (χ0n) is 10.7. The van der Waals surface area contributed by atoms with E-state index in [1.165, 1.54) is 11.8 Å². The van der Waals surface area contributed by atoms with Crippen molar-refractivity contribution in [2.75, 3.05) is 0 Å². The molecule has 1 amide bonds. The molecular formula is C14H13ClN2OS2. The van der Waals surface area contributed by atoms with Gasteiger partial charge in [0, 0.05) is 14.8 Å². The molecule has 0 aliphatic rings. The van der Waals surface area contributed by atoms with Crippen LogP contribution >= 0.6 is 34.7 Å². The molecule has 1 atom stereocenters. The lowest BCUT2D eigenvalue weighted by Gasteiger charge is -2.09. The number of carbonyl (C=O) groups is 1. The number of thioether (sulfide) groups is 1. The van der Waals surface area contributed by atoms with E-state index in [9.17, 15) is 4.79 Å². The Kier molecular flexibility index (Phi) is 5.64.